The van der Waals surface area contributed by atoms with Gasteiger partial charge in [0.2, 0.25) is 0 Å². The number of aryl methyl sites for hydroxylation is 1. The molecule has 2 heterocycles. The number of rotatable bonds is 6. The van der Waals surface area contributed by atoms with Gasteiger partial charge in [0.25, 0.3) is 0 Å². The molecule has 1 fully saturated rings. The molecule has 0 radical (unpaired) electrons. The molecule has 1 aromatic carbocycles. The Labute approximate surface area is 176 Å². The Kier molecular flexibility index (Phi) is 6.78. The van der Waals surface area contributed by atoms with E-state index >= 15 is 0 Å². The van der Waals surface area contributed by atoms with Crippen LogP contribution in [0.4, 0.5) is 4.39 Å². The standard InChI is InChI=1S/C24H28FN3S/c1-17-8-13-24(27-15-17)29-23-14-21(18-9-11-19(25)12-10-18)28-22(23)16-26-20-6-4-2-3-5-7-20/h8-13,15,20,26H,2-7,14,16H2,1H3. The lowest BCUT2D eigenvalue weighted by Crippen LogP contribution is -2.30. The molecular weight excluding hydrogens is 381 g/mol. The highest BCUT2D eigenvalue weighted by Crippen LogP contribution is 2.36. The van der Waals surface area contributed by atoms with Gasteiger partial charge in [0.1, 0.15) is 10.8 Å². The second-order valence-electron chi connectivity index (χ2n) is 7.96. The largest absolute Gasteiger partial charge is 0.308 e. The number of aliphatic imine (C=N–C) groups is 1. The summed E-state index contributed by atoms with van der Waals surface area (Å²) in [6, 6.07) is 11.4. The van der Waals surface area contributed by atoms with E-state index in [1.165, 1.54) is 55.6 Å². The van der Waals surface area contributed by atoms with Gasteiger partial charge in [-0.25, -0.2) is 9.37 Å². The molecule has 0 spiro atoms. The molecule has 29 heavy (non-hydrogen) atoms. The fourth-order valence-corrected chi connectivity index (χ4v) is 4.86. The van der Waals surface area contributed by atoms with Crippen LogP contribution in [0.5, 0.6) is 0 Å². The van der Waals surface area contributed by atoms with Gasteiger partial charge in [-0.15, -0.1) is 0 Å². The van der Waals surface area contributed by atoms with E-state index in [0.29, 0.717) is 6.04 Å². The van der Waals surface area contributed by atoms with E-state index in [4.69, 9.17) is 4.99 Å². The maximum absolute atomic E-state index is 13.3. The lowest BCUT2D eigenvalue weighted by atomic mass is 10.1. The van der Waals surface area contributed by atoms with Crippen LogP contribution in [0.3, 0.4) is 0 Å². The van der Waals surface area contributed by atoms with Crippen LogP contribution in [0.15, 0.2) is 63.2 Å². The zero-order valence-electron chi connectivity index (χ0n) is 17.0. The lowest BCUT2D eigenvalue weighted by molar-refractivity contribution is 0.476. The number of hydrogen-bond donors (Lipinski definition) is 1. The molecule has 1 saturated carbocycles. The molecule has 0 bridgehead atoms. The van der Waals surface area contributed by atoms with Crippen molar-refractivity contribution in [2.45, 2.75) is 62.9 Å². The molecule has 2 aromatic rings. The smallest absolute Gasteiger partial charge is 0.123 e. The Morgan fingerprint density at radius 3 is 2.48 bits per heavy atom. The molecule has 4 rings (SSSR count). The predicted molar refractivity (Wildman–Crippen MR) is 119 cm³/mol. The number of hydrogen-bond acceptors (Lipinski definition) is 4. The third kappa shape index (κ3) is 5.55. The Morgan fingerprint density at radius 1 is 1.03 bits per heavy atom. The molecule has 5 heteroatoms. The van der Waals surface area contributed by atoms with E-state index < -0.39 is 0 Å². The van der Waals surface area contributed by atoms with Crippen molar-refractivity contribution in [2.75, 3.05) is 6.54 Å². The fraction of sp³-hybridized carbons (Fsp3) is 0.417. The summed E-state index contributed by atoms with van der Waals surface area (Å²) in [5.74, 6) is -0.214. The maximum Gasteiger partial charge on any atom is 0.123 e. The summed E-state index contributed by atoms with van der Waals surface area (Å²) in [6.45, 7) is 2.83. The van der Waals surface area contributed by atoms with Crippen molar-refractivity contribution < 1.29 is 4.39 Å². The lowest BCUT2D eigenvalue weighted by Gasteiger charge is -2.16. The number of halogens is 1. The van der Waals surface area contributed by atoms with Gasteiger partial charge < -0.3 is 5.32 Å². The van der Waals surface area contributed by atoms with Crippen molar-refractivity contribution >= 4 is 17.5 Å². The average Bonchev–Trinajstić information content (AvgIpc) is 2.94. The molecule has 1 aromatic heterocycles. The maximum atomic E-state index is 13.3. The molecule has 1 aliphatic heterocycles. The molecule has 0 unspecified atom stereocenters. The average molecular weight is 410 g/mol. The normalized spacial score (nSPS) is 18.1. The summed E-state index contributed by atoms with van der Waals surface area (Å²) < 4.78 is 13.3. The third-order valence-corrected chi connectivity index (χ3v) is 6.70. The molecule has 1 N–H and O–H groups in total. The van der Waals surface area contributed by atoms with Crippen molar-refractivity contribution in [1.29, 1.82) is 0 Å². The molecule has 3 nitrogen and oxygen atoms in total. The Hall–Kier alpha value is -1.98. The summed E-state index contributed by atoms with van der Waals surface area (Å²) in [4.78, 5) is 10.7. The summed E-state index contributed by atoms with van der Waals surface area (Å²) in [5, 5.41) is 4.74. The van der Waals surface area contributed by atoms with Gasteiger partial charge in [0.05, 0.1) is 11.4 Å². The van der Waals surface area contributed by atoms with Gasteiger partial charge in [0.15, 0.2) is 0 Å². The third-order valence-electron chi connectivity index (χ3n) is 5.62. The second-order valence-corrected chi connectivity index (χ2v) is 9.07. The van der Waals surface area contributed by atoms with Gasteiger partial charge in [0, 0.05) is 30.1 Å². The minimum absolute atomic E-state index is 0.214. The molecule has 1 aliphatic carbocycles. The van der Waals surface area contributed by atoms with Crippen LogP contribution in [-0.2, 0) is 0 Å². The van der Waals surface area contributed by atoms with Crippen LogP contribution >= 0.6 is 11.8 Å². The van der Waals surface area contributed by atoms with Gasteiger partial charge in [-0.05, 0) is 49.1 Å². The van der Waals surface area contributed by atoms with Crippen molar-refractivity contribution in [3.63, 3.8) is 0 Å². The monoisotopic (exact) mass is 409 g/mol. The molecule has 0 atom stereocenters. The van der Waals surface area contributed by atoms with Gasteiger partial charge in [-0.2, -0.15) is 0 Å². The molecule has 0 saturated heterocycles. The summed E-state index contributed by atoms with van der Waals surface area (Å²) in [6.07, 6.45) is 10.5. The van der Waals surface area contributed by atoms with Gasteiger partial charge >= 0.3 is 0 Å². The van der Waals surface area contributed by atoms with E-state index in [1.807, 2.05) is 25.3 Å². The number of nitrogens with one attached hydrogen (secondary N) is 1. The number of thioether (sulfide) groups is 1. The fourth-order valence-electron chi connectivity index (χ4n) is 3.93. The number of allylic oxidation sites excluding steroid dienone is 1. The highest BCUT2D eigenvalue weighted by atomic mass is 32.2. The Balaban J connectivity index is 1.51. The molecule has 152 valence electrons. The van der Waals surface area contributed by atoms with Crippen molar-refractivity contribution in [1.82, 2.24) is 10.3 Å². The Bertz CT molecular complexity index is 879. The highest BCUT2D eigenvalue weighted by Gasteiger charge is 2.22. The topological polar surface area (TPSA) is 37.3 Å². The van der Waals surface area contributed by atoms with E-state index in [9.17, 15) is 4.39 Å². The first-order valence-electron chi connectivity index (χ1n) is 10.6. The van der Waals surface area contributed by atoms with Crippen LogP contribution in [0, 0.1) is 12.7 Å². The van der Waals surface area contributed by atoms with Crippen LogP contribution in [0.25, 0.3) is 0 Å². The number of aromatic nitrogens is 1. The second kappa shape index (κ2) is 9.68. The quantitative estimate of drug-likeness (QED) is 0.591. The van der Waals surface area contributed by atoms with Crippen molar-refractivity contribution in [2.24, 2.45) is 4.99 Å². The first kappa shape index (κ1) is 20.3. The van der Waals surface area contributed by atoms with E-state index in [1.54, 1.807) is 11.8 Å². The Morgan fingerprint density at radius 2 is 1.79 bits per heavy atom. The zero-order valence-corrected chi connectivity index (χ0v) is 17.8. The van der Waals surface area contributed by atoms with E-state index in [-0.39, 0.29) is 5.82 Å². The first-order valence-corrected chi connectivity index (χ1v) is 11.4. The summed E-state index contributed by atoms with van der Waals surface area (Å²) >= 11 is 1.70. The van der Waals surface area contributed by atoms with E-state index in [0.717, 1.165) is 40.5 Å². The first-order chi connectivity index (χ1) is 14.2. The molecule has 0 amide bonds. The zero-order chi connectivity index (χ0) is 20.1. The van der Waals surface area contributed by atoms with E-state index in [2.05, 4.69) is 22.4 Å². The minimum Gasteiger partial charge on any atom is -0.308 e. The summed E-state index contributed by atoms with van der Waals surface area (Å²) in [5.41, 5.74) is 4.26. The predicted octanol–water partition coefficient (Wildman–Crippen LogP) is 6.04. The number of pyridine rings is 1. The minimum atomic E-state index is -0.214. The van der Waals surface area contributed by atoms with Crippen LogP contribution in [-0.4, -0.2) is 23.3 Å². The summed E-state index contributed by atoms with van der Waals surface area (Å²) in [7, 11) is 0. The van der Waals surface area contributed by atoms with Crippen LogP contribution in [0.2, 0.25) is 0 Å². The molecule has 2 aliphatic rings. The van der Waals surface area contributed by atoms with Crippen molar-refractivity contribution in [3.05, 3.63) is 70.1 Å². The number of nitrogens with zero attached hydrogens (tertiary/aromatic N) is 2. The highest BCUT2D eigenvalue weighted by molar-refractivity contribution is 8.03. The number of benzene rings is 1. The van der Waals surface area contributed by atoms with Crippen LogP contribution < -0.4 is 5.32 Å². The van der Waals surface area contributed by atoms with Gasteiger partial charge in [-0.3, -0.25) is 4.99 Å². The van der Waals surface area contributed by atoms with Crippen molar-refractivity contribution in [3.8, 4) is 0 Å². The SMILES string of the molecule is Cc1ccc(SC2=C(CNC3CCCCCC3)N=C(c3ccc(F)cc3)C2)nc1. The van der Waals surface area contributed by atoms with Gasteiger partial charge in [-0.1, -0.05) is 55.6 Å². The van der Waals surface area contributed by atoms with Crippen LogP contribution in [0.1, 0.15) is 56.1 Å². The molecular formula is C24H28FN3S.